The Labute approximate surface area is 111 Å². The van der Waals surface area contributed by atoms with Crippen LogP contribution in [0.4, 0.5) is 0 Å². The average Bonchev–Trinajstić information content (AvgIpc) is 2.86. The van der Waals surface area contributed by atoms with E-state index in [4.69, 9.17) is 9.52 Å². The molecular formula is C13H15NO4S. The molecule has 1 N–H and O–H groups in total. The van der Waals surface area contributed by atoms with Gasteiger partial charge in [0.05, 0.1) is 4.90 Å². The van der Waals surface area contributed by atoms with Gasteiger partial charge in [0, 0.05) is 13.0 Å². The second-order valence-corrected chi connectivity index (χ2v) is 6.09. The van der Waals surface area contributed by atoms with Crippen LogP contribution in [-0.4, -0.2) is 25.1 Å². The third-order valence-corrected chi connectivity index (χ3v) is 4.49. The molecule has 6 heteroatoms. The number of aryl methyl sites for hydroxylation is 2. The summed E-state index contributed by atoms with van der Waals surface area (Å²) in [7, 11) is -3.66. The van der Waals surface area contributed by atoms with Crippen molar-refractivity contribution in [3.63, 3.8) is 0 Å². The summed E-state index contributed by atoms with van der Waals surface area (Å²) in [5.74, 6) is 0.287. The molecule has 1 aromatic heterocycles. The Morgan fingerprint density at radius 1 is 1.26 bits per heavy atom. The fourth-order valence-electron chi connectivity index (χ4n) is 1.71. The largest absolute Gasteiger partial charge is 0.447 e. The molecule has 1 heterocycles. The SMILES string of the molecule is Cc1ccc(S(=O)(=O)c2ncoc2CCCO)cc1. The first-order chi connectivity index (χ1) is 9.05. The molecule has 0 saturated carbocycles. The third kappa shape index (κ3) is 2.85. The summed E-state index contributed by atoms with van der Waals surface area (Å²) in [4.78, 5) is 4.00. The number of aliphatic hydroxyl groups excluding tert-OH is 1. The molecule has 0 amide bonds. The van der Waals surface area contributed by atoms with Crippen LogP contribution in [0, 0.1) is 6.92 Å². The standard InChI is InChI=1S/C13H15NO4S/c1-10-4-6-11(7-5-10)19(16,17)13-12(3-2-8-15)18-9-14-13/h4-7,9,15H,2-3,8H2,1H3. The highest BCUT2D eigenvalue weighted by molar-refractivity contribution is 7.91. The molecular weight excluding hydrogens is 266 g/mol. The Bertz CT molecular complexity index is 644. The molecule has 0 saturated heterocycles. The zero-order valence-electron chi connectivity index (χ0n) is 10.5. The fraction of sp³-hybridized carbons (Fsp3) is 0.308. The number of rotatable bonds is 5. The molecule has 102 valence electrons. The molecule has 5 nitrogen and oxygen atoms in total. The van der Waals surface area contributed by atoms with Gasteiger partial charge >= 0.3 is 0 Å². The summed E-state index contributed by atoms with van der Waals surface area (Å²) in [6.45, 7) is 1.86. The first-order valence-corrected chi connectivity index (χ1v) is 7.39. The van der Waals surface area contributed by atoms with Crippen LogP contribution in [0.2, 0.25) is 0 Å². The van der Waals surface area contributed by atoms with Crippen LogP contribution < -0.4 is 0 Å². The van der Waals surface area contributed by atoms with E-state index < -0.39 is 9.84 Å². The van der Waals surface area contributed by atoms with E-state index in [0.29, 0.717) is 12.8 Å². The monoisotopic (exact) mass is 281 g/mol. The van der Waals surface area contributed by atoms with Crippen molar-refractivity contribution < 1.29 is 17.9 Å². The Morgan fingerprint density at radius 3 is 2.58 bits per heavy atom. The molecule has 0 fully saturated rings. The van der Waals surface area contributed by atoms with Crippen molar-refractivity contribution in [1.82, 2.24) is 4.98 Å². The summed E-state index contributed by atoms with van der Waals surface area (Å²) in [6, 6.07) is 6.57. The maximum atomic E-state index is 12.4. The van der Waals surface area contributed by atoms with Crippen LogP contribution in [0.5, 0.6) is 0 Å². The molecule has 1 aromatic carbocycles. The quantitative estimate of drug-likeness (QED) is 0.903. The van der Waals surface area contributed by atoms with Gasteiger partial charge in [-0.1, -0.05) is 17.7 Å². The van der Waals surface area contributed by atoms with Crippen LogP contribution in [0.3, 0.4) is 0 Å². The highest BCUT2D eigenvalue weighted by atomic mass is 32.2. The summed E-state index contributed by atoms with van der Waals surface area (Å²) in [5.41, 5.74) is 0.986. The zero-order chi connectivity index (χ0) is 13.9. The Morgan fingerprint density at radius 2 is 1.95 bits per heavy atom. The van der Waals surface area contributed by atoms with Gasteiger partial charge in [-0.2, -0.15) is 0 Å². The molecule has 2 aromatic rings. The fourth-order valence-corrected chi connectivity index (χ4v) is 3.06. The molecule has 0 aliphatic heterocycles. The molecule has 0 unspecified atom stereocenters. The van der Waals surface area contributed by atoms with E-state index in [9.17, 15) is 8.42 Å². The number of hydrogen-bond donors (Lipinski definition) is 1. The number of sulfone groups is 1. The lowest BCUT2D eigenvalue weighted by Gasteiger charge is -2.03. The second kappa shape index (κ2) is 5.54. The lowest BCUT2D eigenvalue weighted by atomic mass is 10.2. The van der Waals surface area contributed by atoms with E-state index in [0.717, 1.165) is 12.0 Å². The van der Waals surface area contributed by atoms with Crippen molar-refractivity contribution in [2.45, 2.75) is 29.7 Å². The van der Waals surface area contributed by atoms with Gasteiger partial charge in [-0.25, -0.2) is 13.4 Å². The van der Waals surface area contributed by atoms with Crippen LogP contribution >= 0.6 is 0 Å². The van der Waals surface area contributed by atoms with Gasteiger partial charge in [-0.05, 0) is 25.5 Å². The van der Waals surface area contributed by atoms with Crippen LogP contribution in [0.1, 0.15) is 17.7 Å². The number of aliphatic hydroxyl groups is 1. The van der Waals surface area contributed by atoms with E-state index >= 15 is 0 Å². The molecule has 0 spiro atoms. The van der Waals surface area contributed by atoms with Gasteiger partial charge in [0.25, 0.3) is 0 Å². The summed E-state index contributed by atoms with van der Waals surface area (Å²) in [6.07, 6.45) is 1.90. The van der Waals surface area contributed by atoms with Crippen LogP contribution in [0.15, 0.2) is 45.0 Å². The van der Waals surface area contributed by atoms with E-state index in [1.54, 1.807) is 24.3 Å². The van der Waals surface area contributed by atoms with Gasteiger partial charge in [-0.15, -0.1) is 0 Å². The van der Waals surface area contributed by atoms with Crippen molar-refractivity contribution >= 4 is 9.84 Å². The van der Waals surface area contributed by atoms with Gasteiger partial charge in [0.15, 0.2) is 6.39 Å². The van der Waals surface area contributed by atoms with E-state index in [-0.39, 0.29) is 22.3 Å². The second-order valence-electron chi connectivity index (χ2n) is 4.22. The summed E-state index contributed by atoms with van der Waals surface area (Å²) >= 11 is 0. The topological polar surface area (TPSA) is 80.4 Å². The molecule has 0 bridgehead atoms. The van der Waals surface area contributed by atoms with E-state index in [2.05, 4.69) is 4.98 Å². The maximum absolute atomic E-state index is 12.4. The predicted molar refractivity (Wildman–Crippen MR) is 68.5 cm³/mol. The van der Waals surface area contributed by atoms with E-state index in [1.807, 2.05) is 6.92 Å². The first kappa shape index (κ1) is 13.8. The maximum Gasteiger partial charge on any atom is 0.227 e. The third-order valence-electron chi connectivity index (χ3n) is 2.75. The molecule has 0 aliphatic carbocycles. The lowest BCUT2D eigenvalue weighted by Crippen LogP contribution is -2.06. The van der Waals surface area contributed by atoms with Crippen LogP contribution in [-0.2, 0) is 16.3 Å². The summed E-state index contributed by atoms with van der Waals surface area (Å²) < 4.78 is 29.9. The number of benzene rings is 1. The molecule has 19 heavy (non-hydrogen) atoms. The van der Waals surface area contributed by atoms with Gasteiger partial charge in [0.1, 0.15) is 5.76 Å². The number of nitrogens with zero attached hydrogens (tertiary/aromatic N) is 1. The zero-order valence-corrected chi connectivity index (χ0v) is 11.4. The predicted octanol–water partition coefficient (Wildman–Crippen LogP) is 1.74. The summed E-state index contributed by atoms with van der Waals surface area (Å²) in [5, 5.41) is 8.73. The van der Waals surface area contributed by atoms with Gasteiger partial charge in [0.2, 0.25) is 14.9 Å². The van der Waals surface area contributed by atoms with Crippen molar-refractivity contribution in [2.24, 2.45) is 0 Å². The number of aromatic nitrogens is 1. The number of hydrogen-bond acceptors (Lipinski definition) is 5. The molecule has 2 rings (SSSR count). The normalized spacial score (nSPS) is 11.7. The minimum absolute atomic E-state index is 0.0231. The lowest BCUT2D eigenvalue weighted by molar-refractivity contribution is 0.283. The minimum Gasteiger partial charge on any atom is -0.447 e. The van der Waals surface area contributed by atoms with Crippen molar-refractivity contribution in [1.29, 1.82) is 0 Å². The van der Waals surface area contributed by atoms with Crippen molar-refractivity contribution in [3.05, 3.63) is 42.0 Å². The Kier molecular flexibility index (Phi) is 4.01. The highest BCUT2D eigenvalue weighted by Crippen LogP contribution is 2.23. The van der Waals surface area contributed by atoms with Gasteiger partial charge < -0.3 is 9.52 Å². The van der Waals surface area contributed by atoms with Crippen LogP contribution in [0.25, 0.3) is 0 Å². The minimum atomic E-state index is -3.66. The van der Waals surface area contributed by atoms with Gasteiger partial charge in [-0.3, -0.25) is 0 Å². The Hall–Kier alpha value is -1.66. The average molecular weight is 281 g/mol. The smallest absolute Gasteiger partial charge is 0.227 e. The number of oxazole rings is 1. The Balaban J connectivity index is 2.39. The van der Waals surface area contributed by atoms with E-state index in [1.165, 1.54) is 0 Å². The first-order valence-electron chi connectivity index (χ1n) is 5.90. The molecule has 0 aliphatic rings. The van der Waals surface area contributed by atoms with Crippen molar-refractivity contribution in [3.8, 4) is 0 Å². The molecule has 0 radical (unpaired) electrons. The van der Waals surface area contributed by atoms with Crippen molar-refractivity contribution in [2.75, 3.05) is 6.61 Å². The highest BCUT2D eigenvalue weighted by Gasteiger charge is 2.25. The molecule has 0 atom stereocenters.